The summed E-state index contributed by atoms with van der Waals surface area (Å²) in [5.74, 6) is 1.48. The molecule has 0 aromatic heterocycles. The van der Waals surface area contributed by atoms with Gasteiger partial charge >= 0.3 is 0 Å². The number of hydrogen-bond acceptors (Lipinski definition) is 6. The summed E-state index contributed by atoms with van der Waals surface area (Å²) in [4.78, 5) is 4.48. The van der Waals surface area contributed by atoms with Crippen molar-refractivity contribution in [2.45, 2.75) is 30.2 Å². The summed E-state index contributed by atoms with van der Waals surface area (Å²) < 4.78 is 39.0. The van der Waals surface area contributed by atoms with Crippen LogP contribution in [0.1, 0.15) is 18.1 Å². The van der Waals surface area contributed by atoms with E-state index in [2.05, 4.69) is 19.2 Å². The van der Waals surface area contributed by atoms with Crippen molar-refractivity contribution in [3.63, 3.8) is 0 Å². The summed E-state index contributed by atoms with van der Waals surface area (Å²) in [5.41, 5.74) is 5.61. The first-order valence-electron chi connectivity index (χ1n) is 12.1. The minimum absolute atomic E-state index is 0.229. The zero-order valence-electron chi connectivity index (χ0n) is 21.1. The van der Waals surface area contributed by atoms with E-state index in [1.807, 2.05) is 54.0 Å². The van der Waals surface area contributed by atoms with Crippen LogP contribution in [0.15, 0.2) is 113 Å². The standard InChI is InChI=1S/C30H30N2O4S/c1-21(2)13-24-17-31(19-35-23(24)4)26-7-5-9-28(15-26)37(33,34)29-10-6-8-27(16-29)32-18-25-14-22(3)11-12-30(25)36-20-32/h5-16H,1,4,17-20H2,2-3H3/b24-13-. The highest BCUT2D eigenvalue weighted by Gasteiger charge is 2.24. The number of sulfone groups is 1. The lowest BCUT2D eigenvalue weighted by atomic mass is 10.1. The minimum Gasteiger partial charge on any atom is -0.473 e. The van der Waals surface area contributed by atoms with Gasteiger partial charge in [0.2, 0.25) is 9.84 Å². The largest absolute Gasteiger partial charge is 0.473 e. The molecule has 190 valence electrons. The molecule has 0 unspecified atom stereocenters. The molecule has 7 heteroatoms. The summed E-state index contributed by atoms with van der Waals surface area (Å²) >= 11 is 0. The average Bonchev–Trinajstić information content (AvgIpc) is 2.89. The Labute approximate surface area is 218 Å². The lowest BCUT2D eigenvalue weighted by Gasteiger charge is -2.32. The Balaban J connectivity index is 1.41. The molecule has 5 rings (SSSR count). The van der Waals surface area contributed by atoms with E-state index in [0.717, 1.165) is 39.4 Å². The predicted octanol–water partition coefficient (Wildman–Crippen LogP) is 5.99. The van der Waals surface area contributed by atoms with Gasteiger partial charge < -0.3 is 19.3 Å². The van der Waals surface area contributed by atoms with Crippen LogP contribution >= 0.6 is 0 Å². The second-order valence-corrected chi connectivity index (χ2v) is 11.4. The van der Waals surface area contributed by atoms with Crippen LogP contribution in [0.5, 0.6) is 5.75 Å². The Morgan fingerprint density at radius 1 is 0.892 bits per heavy atom. The normalized spacial score (nSPS) is 16.7. The van der Waals surface area contributed by atoms with Crippen molar-refractivity contribution >= 4 is 21.2 Å². The highest BCUT2D eigenvalue weighted by molar-refractivity contribution is 7.91. The molecule has 0 radical (unpaired) electrons. The third-order valence-corrected chi connectivity index (χ3v) is 8.22. The quantitative estimate of drug-likeness (QED) is 0.417. The molecule has 1 fully saturated rings. The SMILES string of the molecule is C=C(C)/C=C1/CN(c2cccc(S(=O)(=O)c3cccc(N4COc5ccc(C)cc5C4)c3)c2)COC1=C. The first kappa shape index (κ1) is 24.7. The number of hydrogen-bond donors (Lipinski definition) is 0. The van der Waals surface area contributed by atoms with Crippen LogP contribution in [0.25, 0.3) is 0 Å². The molecule has 0 bridgehead atoms. The van der Waals surface area contributed by atoms with Crippen LogP contribution in [0.2, 0.25) is 0 Å². The third kappa shape index (κ3) is 5.13. The van der Waals surface area contributed by atoms with E-state index in [1.165, 1.54) is 0 Å². The maximum Gasteiger partial charge on any atom is 0.206 e. The molecule has 0 aliphatic carbocycles. The van der Waals surface area contributed by atoms with Gasteiger partial charge in [-0.3, -0.25) is 0 Å². The predicted molar refractivity (Wildman–Crippen MR) is 147 cm³/mol. The molecule has 0 atom stereocenters. The maximum atomic E-state index is 13.7. The molecule has 6 nitrogen and oxygen atoms in total. The average molecular weight is 515 g/mol. The van der Waals surface area contributed by atoms with Gasteiger partial charge in [0.25, 0.3) is 0 Å². The van der Waals surface area contributed by atoms with Gasteiger partial charge in [0.05, 0.1) is 9.79 Å². The molecular weight excluding hydrogens is 484 g/mol. The second kappa shape index (κ2) is 9.82. The Morgan fingerprint density at radius 3 is 2.16 bits per heavy atom. The van der Waals surface area contributed by atoms with Crippen molar-refractivity contribution < 1.29 is 17.9 Å². The number of anilines is 2. The van der Waals surface area contributed by atoms with E-state index < -0.39 is 9.84 Å². The highest BCUT2D eigenvalue weighted by Crippen LogP contribution is 2.33. The maximum absolute atomic E-state index is 13.7. The van der Waals surface area contributed by atoms with E-state index in [9.17, 15) is 8.42 Å². The van der Waals surface area contributed by atoms with Gasteiger partial charge in [-0.2, -0.15) is 0 Å². The molecule has 2 aliphatic rings. The fourth-order valence-electron chi connectivity index (χ4n) is 4.55. The molecule has 0 amide bonds. The third-order valence-electron chi connectivity index (χ3n) is 6.47. The summed E-state index contributed by atoms with van der Waals surface area (Å²) in [6.07, 6.45) is 1.94. The molecule has 3 aromatic rings. The number of fused-ring (bicyclic) bond motifs is 1. The van der Waals surface area contributed by atoms with E-state index in [1.54, 1.807) is 36.4 Å². The molecule has 0 spiro atoms. The number of rotatable bonds is 5. The Kier molecular flexibility index (Phi) is 6.56. The highest BCUT2D eigenvalue weighted by atomic mass is 32.2. The first-order chi connectivity index (χ1) is 17.7. The van der Waals surface area contributed by atoms with Gasteiger partial charge in [-0.1, -0.05) is 54.6 Å². The minimum atomic E-state index is -3.75. The lowest BCUT2D eigenvalue weighted by molar-refractivity contribution is 0.203. The molecule has 0 saturated carbocycles. The van der Waals surface area contributed by atoms with E-state index in [0.29, 0.717) is 32.3 Å². The van der Waals surface area contributed by atoms with Crippen molar-refractivity contribution in [2.24, 2.45) is 0 Å². The monoisotopic (exact) mass is 514 g/mol. The Hall–Kier alpha value is -3.97. The van der Waals surface area contributed by atoms with Gasteiger partial charge in [-0.05, 0) is 56.3 Å². The van der Waals surface area contributed by atoms with Crippen LogP contribution in [0.4, 0.5) is 11.4 Å². The zero-order valence-corrected chi connectivity index (χ0v) is 21.9. The van der Waals surface area contributed by atoms with Crippen LogP contribution < -0.4 is 14.5 Å². The molecule has 3 aromatic carbocycles. The Morgan fingerprint density at radius 2 is 1.51 bits per heavy atom. The second-order valence-electron chi connectivity index (χ2n) is 9.49. The van der Waals surface area contributed by atoms with Crippen LogP contribution in [-0.4, -0.2) is 28.4 Å². The summed E-state index contributed by atoms with van der Waals surface area (Å²) in [7, 11) is -3.75. The topological polar surface area (TPSA) is 59.1 Å². The van der Waals surface area contributed by atoms with Crippen LogP contribution in [-0.2, 0) is 21.1 Å². The van der Waals surface area contributed by atoms with E-state index in [4.69, 9.17) is 9.47 Å². The van der Waals surface area contributed by atoms with E-state index in [-0.39, 0.29) is 9.79 Å². The van der Waals surface area contributed by atoms with Crippen molar-refractivity contribution in [2.75, 3.05) is 29.8 Å². The molecule has 0 N–H and O–H groups in total. The fourth-order valence-corrected chi connectivity index (χ4v) is 5.88. The van der Waals surface area contributed by atoms with Gasteiger partial charge in [0, 0.05) is 35.6 Å². The van der Waals surface area contributed by atoms with Gasteiger partial charge in [0.1, 0.15) is 11.5 Å². The smallest absolute Gasteiger partial charge is 0.206 e. The van der Waals surface area contributed by atoms with E-state index >= 15 is 0 Å². The summed E-state index contributed by atoms with van der Waals surface area (Å²) in [6, 6.07) is 20.1. The molecular formula is C30H30N2O4S. The summed E-state index contributed by atoms with van der Waals surface area (Å²) in [5, 5.41) is 0. The van der Waals surface area contributed by atoms with Gasteiger partial charge in [-0.25, -0.2) is 8.42 Å². The van der Waals surface area contributed by atoms with Crippen LogP contribution in [0.3, 0.4) is 0 Å². The first-order valence-corrected chi connectivity index (χ1v) is 13.5. The van der Waals surface area contributed by atoms with Crippen molar-refractivity contribution in [3.8, 4) is 5.75 Å². The van der Waals surface area contributed by atoms with Gasteiger partial charge in [0.15, 0.2) is 13.5 Å². The Bertz CT molecular complexity index is 1520. The number of aryl methyl sites for hydroxylation is 1. The molecule has 37 heavy (non-hydrogen) atoms. The lowest BCUT2D eigenvalue weighted by Crippen LogP contribution is -2.33. The fraction of sp³-hybridized carbons (Fsp3) is 0.200. The number of nitrogens with zero attached hydrogens (tertiary/aromatic N) is 2. The van der Waals surface area contributed by atoms with Crippen LogP contribution in [0, 0.1) is 6.92 Å². The zero-order chi connectivity index (χ0) is 26.2. The molecule has 2 heterocycles. The van der Waals surface area contributed by atoms with Crippen molar-refractivity contribution in [1.82, 2.24) is 0 Å². The molecule has 1 saturated heterocycles. The van der Waals surface area contributed by atoms with Crippen molar-refractivity contribution in [1.29, 1.82) is 0 Å². The molecule has 2 aliphatic heterocycles. The van der Waals surface area contributed by atoms with Gasteiger partial charge in [-0.15, -0.1) is 0 Å². The number of benzene rings is 3. The summed E-state index contributed by atoms with van der Waals surface area (Å²) in [6.45, 7) is 13.7. The number of ether oxygens (including phenoxy) is 2. The number of allylic oxidation sites excluding steroid dienone is 2. The van der Waals surface area contributed by atoms with Crippen molar-refractivity contribution in [3.05, 3.63) is 114 Å².